The predicted molar refractivity (Wildman–Crippen MR) is 127 cm³/mol. The average Bonchev–Trinajstić information content (AvgIpc) is 3.12. The van der Waals surface area contributed by atoms with Gasteiger partial charge in [-0.15, -0.1) is 0 Å². The number of benzene rings is 2. The molecule has 0 saturated heterocycles. The molecule has 190 valence electrons. The summed E-state index contributed by atoms with van der Waals surface area (Å²) in [4.78, 5) is 27.9. The number of aliphatic hydroxyl groups is 1. The van der Waals surface area contributed by atoms with Gasteiger partial charge in [0.25, 0.3) is 11.5 Å². The van der Waals surface area contributed by atoms with Crippen molar-refractivity contribution >= 4 is 11.6 Å². The topological polar surface area (TPSA) is 81.0 Å². The van der Waals surface area contributed by atoms with Crippen molar-refractivity contribution in [3.8, 4) is 22.6 Å². The molecule has 2 aromatic carbocycles. The summed E-state index contributed by atoms with van der Waals surface area (Å²) in [6.45, 7) is 1.87. The van der Waals surface area contributed by atoms with Gasteiger partial charge in [0.1, 0.15) is 18.1 Å². The molecule has 1 N–H and O–H groups in total. The van der Waals surface area contributed by atoms with Gasteiger partial charge in [0.05, 0.1) is 23.3 Å². The fourth-order valence-corrected chi connectivity index (χ4v) is 3.92. The predicted octanol–water partition coefficient (Wildman–Crippen LogP) is 4.30. The first-order valence-corrected chi connectivity index (χ1v) is 11.1. The number of amides is 1. The molecule has 1 aliphatic rings. The molecule has 0 spiro atoms. The fourth-order valence-electron chi connectivity index (χ4n) is 3.92. The molecule has 10 heteroatoms. The molecule has 4 rings (SSSR count). The lowest BCUT2D eigenvalue weighted by molar-refractivity contribution is -0.153. The molecule has 0 unspecified atom stereocenters. The van der Waals surface area contributed by atoms with Crippen molar-refractivity contribution in [1.29, 1.82) is 0 Å². The summed E-state index contributed by atoms with van der Waals surface area (Å²) in [6.07, 6.45) is -3.12. The summed E-state index contributed by atoms with van der Waals surface area (Å²) in [6, 6.07) is 12.7. The Bertz CT molecular complexity index is 1340. The quantitative estimate of drug-likeness (QED) is 0.521. The second kappa shape index (κ2) is 9.34. The Labute approximate surface area is 205 Å². The lowest BCUT2D eigenvalue weighted by Crippen LogP contribution is -2.27. The van der Waals surface area contributed by atoms with Crippen LogP contribution < -0.4 is 19.9 Å². The highest BCUT2D eigenvalue weighted by Gasteiger charge is 2.34. The number of halogens is 3. The number of pyridine rings is 1. The van der Waals surface area contributed by atoms with E-state index in [1.165, 1.54) is 40.9 Å². The fraction of sp³-hybridized carbons (Fsp3) is 0.308. The molecule has 0 aliphatic carbocycles. The van der Waals surface area contributed by atoms with Gasteiger partial charge in [0, 0.05) is 24.5 Å². The minimum atomic E-state index is -4.55. The van der Waals surface area contributed by atoms with Crippen LogP contribution in [0.4, 0.5) is 18.9 Å². The van der Waals surface area contributed by atoms with Gasteiger partial charge in [-0.1, -0.05) is 18.2 Å². The number of hydrogen-bond donors (Lipinski definition) is 1. The van der Waals surface area contributed by atoms with Crippen molar-refractivity contribution < 1.29 is 32.5 Å². The van der Waals surface area contributed by atoms with Crippen LogP contribution in [0.1, 0.15) is 29.8 Å². The zero-order chi connectivity index (χ0) is 26.3. The van der Waals surface area contributed by atoms with Crippen LogP contribution in [0.25, 0.3) is 11.1 Å². The van der Waals surface area contributed by atoms with Crippen molar-refractivity contribution in [3.63, 3.8) is 0 Å². The molecule has 0 radical (unpaired) electrons. The summed E-state index contributed by atoms with van der Waals surface area (Å²) in [5.41, 5.74) is 0.0793. The molecule has 0 fully saturated rings. The van der Waals surface area contributed by atoms with Crippen molar-refractivity contribution in [1.82, 2.24) is 4.57 Å². The van der Waals surface area contributed by atoms with E-state index in [9.17, 15) is 27.9 Å². The SMILES string of the molecule is Cn1cc2c(c(-c3ccccc3OCC(F)(F)F)c1=O)CN(c1ccc(OCC(C)(C)O)cc1)C2=O. The Kier molecular flexibility index (Phi) is 6.57. The molecule has 0 atom stereocenters. The molecule has 0 bridgehead atoms. The van der Waals surface area contributed by atoms with Crippen LogP contribution in [0, 0.1) is 0 Å². The van der Waals surface area contributed by atoms with E-state index in [4.69, 9.17) is 9.47 Å². The van der Waals surface area contributed by atoms with Gasteiger partial charge in [-0.2, -0.15) is 13.2 Å². The standard InChI is InChI=1S/C26H25F3N2O5/c1-25(2,34)14-35-17-10-8-16(9-11-17)31-13-19-20(23(31)32)12-30(3)24(33)22(19)18-6-4-5-7-21(18)36-15-26(27,28)29/h4-12,34H,13-15H2,1-3H3. The highest BCUT2D eigenvalue weighted by Crippen LogP contribution is 2.37. The lowest BCUT2D eigenvalue weighted by atomic mass is 9.98. The zero-order valence-electron chi connectivity index (χ0n) is 19.9. The Balaban J connectivity index is 1.69. The summed E-state index contributed by atoms with van der Waals surface area (Å²) < 4.78 is 50.2. The number of rotatable bonds is 7. The van der Waals surface area contributed by atoms with Crippen molar-refractivity contribution in [2.75, 3.05) is 18.1 Å². The van der Waals surface area contributed by atoms with Crippen LogP contribution in [0.5, 0.6) is 11.5 Å². The van der Waals surface area contributed by atoms with E-state index < -0.39 is 23.9 Å². The highest BCUT2D eigenvalue weighted by atomic mass is 19.4. The van der Waals surface area contributed by atoms with E-state index >= 15 is 0 Å². The van der Waals surface area contributed by atoms with Crippen LogP contribution in [-0.2, 0) is 13.6 Å². The number of nitrogens with zero attached hydrogens (tertiary/aromatic N) is 2. The van der Waals surface area contributed by atoms with E-state index in [1.54, 1.807) is 44.2 Å². The smallest absolute Gasteiger partial charge is 0.422 e. The normalized spacial score (nSPS) is 13.6. The van der Waals surface area contributed by atoms with E-state index in [0.29, 0.717) is 17.0 Å². The Morgan fingerprint density at radius 2 is 1.61 bits per heavy atom. The number of carbonyl (C=O) groups is 1. The minimum absolute atomic E-state index is 0.0526. The maximum absolute atomic E-state index is 13.3. The molecule has 36 heavy (non-hydrogen) atoms. The van der Waals surface area contributed by atoms with Gasteiger partial charge in [0.15, 0.2) is 6.61 Å². The van der Waals surface area contributed by atoms with Crippen LogP contribution in [0.15, 0.2) is 59.5 Å². The summed E-state index contributed by atoms with van der Waals surface area (Å²) in [5, 5.41) is 9.83. The Morgan fingerprint density at radius 1 is 0.944 bits per heavy atom. The van der Waals surface area contributed by atoms with Gasteiger partial charge in [-0.25, -0.2) is 0 Å². The summed E-state index contributed by atoms with van der Waals surface area (Å²) in [5.74, 6) is 0.0648. The largest absolute Gasteiger partial charge is 0.491 e. The first-order valence-electron chi connectivity index (χ1n) is 11.1. The zero-order valence-corrected chi connectivity index (χ0v) is 19.9. The van der Waals surface area contributed by atoms with Crippen LogP contribution in [0.2, 0.25) is 0 Å². The second-order valence-corrected chi connectivity index (χ2v) is 9.20. The average molecular weight is 502 g/mol. The van der Waals surface area contributed by atoms with Crippen LogP contribution in [-0.4, -0.2) is 40.6 Å². The van der Waals surface area contributed by atoms with E-state index in [-0.39, 0.29) is 41.5 Å². The van der Waals surface area contributed by atoms with E-state index in [1.807, 2.05) is 0 Å². The molecule has 1 aromatic heterocycles. The first kappa shape index (κ1) is 25.3. The van der Waals surface area contributed by atoms with E-state index in [0.717, 1.165) is 0 Å². The number of anilines is 1. The van der Waals surface area contributed by atoms with Gasteiger partial charge >= 0.3 is 6.18 Å². The van der Waals surface area contributed by atoms with Crippen molar-refractivity contribution in [2.24, 2.45) is 7.05 Å². The van der Waals surface area contributed by atoms with Gasteiger partial charge in [-0.05, 0) is 49.7 Å². The highest BCUT2D eigenvalue weighted by molar-refractivity contribution is 6.11. The number of para-hydroxylation sites is 1. The number of hydrogen-bond acceptors (Lipinski definition) is 5. The number of alkyl halides is 3. The number of aryl methyl sites for hydroxylation is 1. The van der Waals surface area contributed by atoms with Crippen molar-refractivity contribution in [2.45, 2.75) is 32.2 Å². The van der Waals surface area contributed by atoms with Crippen LogP contribution in [0.3, 0.4) is 0 Å². The van der Waals surface area contributed by atoms with Gasteiger partial charge in [-0.3, -0.25) is 9.59 Å². The van der Waals surface area contributed by atoms with E-state index in [2.05, 4.69) is 0 Å². The van der Waals surface area contributed by atoms with Gasteiger partial charge in [0.2, 0.25) is 0 Å². The minimum Gasteiger partial charge on any atom is -0.491 e. The number of ether oxygens (including phenoxy) is 2. The molecular formula is C26H25F3N2O5. The third-order valence-electron chi connectivity index (χ3n) is 5.56. The summed E-state index contributed by atoms with van der Waals surface area (Å²) >= 11 is 0. The molecule has 7 nitrogen and oxygen atoms in total. The Morgan fingerprint density at radius 3 is 2.25 bits per heavy atom. The first-order chi connectivity index (χ1) is 16.8. The number of carbonyl (C=O) groups excluding carboxylic acids is 1. The Hall–Kier alpha value is -3.79. The molecule has 1 amide bonds. The molecular weight excluding hydrogens is 477 g/mol. The molecule has 3 aromatic rings. The number of aromatic nitrogens is 1. The third-order valence-corrected chi connectivity index (χ3v) is 5.56. The van der Waals surface area contributed by atoms with Crippen LogP contribution >= 0.6 is 0 Å². The molecule has 0 saturated carbocycles. The van der Waals surface area contributed by atoms with Gasteiger partial charge < -0.3 is 24.0 Å². The lowest BCUT2D eigenvalue weighted by Gasteiger charge is -2.19. The third kappa shape index (κ3) is 5.38. The second-order valence-electron chi connectivity index (χ2n) is 9.20. The molecule has 2 heterocycles. The molecule has 1 aliphatic heterocycles. The number of fused-ring (bicyclic) bond motifs is 1. The maximum Gasteiger partial charge on any atom is 0.422 e. The van der Waals surface area contributed by atoms with Crippen molar-refractivity contribution in [3.05, 3.63) is 76.2 Å². The monoisotopic (exact) mass is 502 g/mol. The summed E-state index contributed by atoms with van der Waals surface area (Å²) in [7, 11) is 1.48. The maximum atomic E-state index is 13.3.